The van der Waals surface area contributed by atoms with E-state index in [9.17, 15) is 0 Å². The zero-order valence-corrected chi connectivity index (χ0v) is 11.4. The summed E-state index contributed by atoms with van der Waals surface area (Å²) in [5.74, 6) is 2.59. The van der Waals surface area contributed by atoms with Gasteiger partial charge in [-0.1, -0.05) is 0 Å². The van der Waals surface area contributed by atoms with Crippen LogP contribution in [0.15, 0.2) is 24.4 Å². The van der Waals surface area contributed by atoms with Gasteiger partial charge in [0.15, 0.2) is 11.5 Å². The molecule has 0 aliphatic carbocycles. The quantitative estimate of drug-likeness (QED) is 0.895. The third-order valence-electron chi connectivity index (χ3n) is 3.30. The van der Waals surface area contributed by atoms with Crippen molar-refractivity contribution < 1.29 is 9.47 Å². The predicted octanol–water partition coefficient (Wildman–Crippen LogP) is 2.13. The Labute approximate surface area is 118 Å². The minimum Gasteiger partial charge on any atom is -0.490 e. The monoisotopic (exact) mass is 273 g/mol. The van der Waals surface area contributed by atoms with Crippen molar-refractivity contribution in [3.63, 3.8) is 0 Å². The Hall–Kier alpha value is -2.01. The number of H-pyrrole nitrogens is 1. The summed E-state index contributed by atoms with van der Waals surface area (Å²) >= 11 is 0. The standard InChI is InChI=1S/C15H19N3O2/c16-6-1-3-15-17-10-12(18-15)11-4-5-13-14(9-11)20-8-2-7-19-13/h4-5,9-10H,1-3,6-8,16H2,(H,17,18). The second-order valence-electron chi connectivity index (χ2n) is 4.85. The molecule has 0 saturated carbocycles. The fourth-order valence-corrected chi connectivity index (χ4v) is 2.24. The molecule has 106 valence electrons. The minimum atomic E-state index is 0.681. The lowest BCUT2D eigenvalue weighted by atomic mass is 10.1. The first-order chi connectivity index (χ1) is 9.86. The molecule has 0 bridgehead atoms. The number of nitrogens with two attached hydrogens (primary N) is 1. The Kier molecular flexibility index (Phi) is 3.87. The third kappa shape index (κ3) is 2.77. The minimum absolute atomic E-state index is 0.681. The van der Waals surface area contributed by atoms with Gasteiger partial charge in [0, 0.05) is 18.4 Å². The number of fused-ring (bicyclic) bond motifs is 1. The number of hydrogen-bond donors (Lipinski definition) is 2. The van der Waals surface area contributed by atoms with Crippen LogP contribution in [0.3, 0.4) is 0 Å². The fraction of sp³-hybridized carbons (Fsp3) is 0.400. The molecule has 2 aromatic rings. The molecular formula is C15H19N3O2. The molecule has 20 heavy (non-hydrogen) atoms. The summed E-state index contributed by atoms with van der Waals surface area (Å²) in [7, 11) is 0. The summed E-state index contributed by atoms with van der Waals surface area (Å²) < 4.78 is 11.3. The van der Waals surface area contributed by atoms with Crippen LogP contribution >= 0.6 is 0 Å². The second kappa shape index (κ2) is 5.96. The van der Waals surface area contributed by atoms with Crippen LogP contribution in [-0.2, 0) is 6.42 Å². The first kappa shape index (κ1) is 13.0. The number of ether oxygens (including phenoxy) is 2. The van der Waals surface area contributed by atoms with E-state index in [1.54, 1.807) is 0 Å². The van der Waals surface area contributed by atoms with Gasteiger partial charge in [0.2, 0.25) is 0 Å². The van der Waals surface area contributed by atoms with Gasteiger partial charge in [-0.3, -0.25) is 0 Å². The lowest BCUT2D eigenvalue weighted by molar-refractivity contribution is 0.297. The molecule has 1 aliphatic rings. The maximum atomic E-state index is 5.71. The molecule has 0 radical (unpaired) electrons. The molecule has 1 aromatic heterocycles. The van der Waals surface area contributed by atoms with Gasteiger partial charge in [-0.25, -0.2) is 4.98 Å². The average Bonchev–Trinajstić information content (AvgIpc) is 2.82. The summed E-state index contributed by atoms with van der Waals surface area (Å²) in [6.07, 6.45) is 4.58. The van der Waals surface area contributed by atoms with Crippen LogP contribution in [0, 0.1) is 0 Å². The van der Waals surface area contributed by atoms with E-state index < -0.39 is 0 Å². The Balaban J connectivity index is 1.83. The smallest absolute Gasteiger partial charge is 0.161 e. The van der Waals surface area contributed by atoms with Gasteiger partial charge in [0.1, 0.15) is 5.82 Å². The molecular weight excluding hydrogens is 254 g/mol. The Morgan fingerprint density at radius 1 is 1.20 bits per heavy atom. The molecule has 3 rings (SSSR count). The maximum absolute atomic E-state index is 5.71. The van der Waals surface area contributed by atoms with Crippen molar-refractivity contribution in [1.82, 2.24) is 9.97 Å². The van der Waals surface area contributed by atoms with E-state index in [4.69, 9.17) is 15.2 Å². The largest absolute Gasteiger partial charge is 0.490 e. The van der Waals surface area contributed by atoms with Crippen LogP contribution in [0.5, 0.6) is 11.5 Å². The van der Waals surface area contributed by atoms with E-state index in [-0.39, 0.29) is 0 Å². The molecule has 5 heteroatoms. The summed E-state index contributed by atoms with van der Waals surface area (Å²) in [5, 5.41) is 0. The first-order valence-corrected chi connectivity index (χ1v) is 7.01. The van der Waals surface area contributed by atoms with Gasteiger partial charge >= 0.3 is 0 Å². The highest BCUT2D eigenvalue weighted by Gasteiger charge is 2.12. The number of hydrogen-bond acceptors (Lipinski definition) is 4. The van der Waals surface area contributed by atoms with Crippen molar-refractivity contribution in [2.45, 2.75) is 19.3 Å². The molecule has 0 amide bonds. The number of aromatic amines is 1. The Morgan fingerprint density at radius 3 is 2.90 bits per heavy atom. The molecule has 1 aliphatic heterocycles. The molecule has 1 aromatic carbocycles. The topological polar surface area (TPSA) is 73.2 Å². The van der Waals surface area contributed by atoms with Crippen LogP contribution in [0.4, 0.5) is 0 Å². The number of aryl methyl sites for hydroxylation is 1. The second-order valence-corrected chi connectivity index (χ2v) is 4.85. The number of benzene rings is 1. The van der Waals surface area contributed by atoms with Gasteiger partial charge in [-0.15, -0.1) is 0 Å². The van der Waals surface area contributed by atoms with E-state index in [0.29, 0.717) is 19.8 Å². The number of imidazole rings is 1. The fourth-order valence-electron chi connectivity index (χ4n) is 2.24. The average molecular weight is 273 g/mol. The highest BCUT2D eigenvalue weighted by molar-refractivity contribution is 5.63. The third-order valence-corrected chi connectivity index (χ3v) is 3.30. The first-order valence-electron chi connectivity index (χ1n) is 7.01. The van der Waals surface area contributed by atoms with Crippen LogP contribution in [0.2, 0.25) is 0 Å². The number of rotatable bonds is 4. The van der Waals surface area contributed by atoms with E-state index >= 15 is 0 Å². The van der Waals surface area contributed by atoms with Crippen LogP contribution in [-0.4, -0.2) is 29.7 Å². The molecule has 0 spiro atoms. The molecule has 0 unspecified atom stereocenters. The molecule has 5 nitrogen and oxygen atoms in total. The lowest BCUT2D eigenvalue weighted by Gasteiger charge is -2.08. The van der Waals surface area contributed by atoms with E-state index in [1.165, 1.54) is 0 Å². The molecule has 2 heterocycles. The van der Waals surface area contributed by atoms with Crippen molar-refractivity contribution in [2.75, 3.05) is 19.8 Å². The molecule has 0 atom stereocenters. The maximum Gasteiger partial charge on any atom is 0.161 e. The lowest BCUT2D eigenvalue weighted by Crippen LogP contribution is -2.01. The van der Waals surface area contributed by atoms with Crippen molar-refractivity contribution in [1.29, 1.82) is 0 Å². The van der Waals surface area contributed by atoms with Crippen molar-refractivity contribution >= 4 is 0 Å². The summed E-state index contributed by atoms with van der Waals surface area (Å²) in [6, 6.07) is 5.98. The zero-order valence-electron chi connectivity index (χ0n) is 11.4. The van der Waals surface area contributed by atoms with Gasteiger partial charge in [-0.2, -0.15) is 0 Å². The van der Waals surface area contributed by atoms with E-state index in [0.717, 1.165) is 47.8 Å². The zero-order chi connectivity index (χ0) is 13.8. The van der Waals surface area contributed by atoms with Gasteiger partial charge < -0.3 is 20.2 Å². The van der Waals surface area contributed by atoms with Gasteiger partial charge in [0.25, 0.3) is 0 Å². The SMILES string of the molecule is NCCCc1ncc(-c2ccc3c(c2)OCCCO3)[nH]1. The van der Waals surface area contributed by atoms with Crippen LogP contribution < -0.4 is 15.2 Å². The Bertz CT molecular complexity index is 580. The molecule has 3 N–H and O–H groups in total. The number of nitrogens with zero attached hydrogens (tertiary/aromatic N) is 1. The summed E-state index contributed by atoms with van der Waals surface area (Å²) in [6.45, 7) is 2.08. The van der Waals surface area contributed by atoms with Crippen LogP contribution in [0.25, 0.3) is 11.3 Å². The molecule has 0 saturated heterocycles. The highest BCUT2D eigenvalue weighted by atomic mass is 16.5. The van der Waals surface area contributed by atoms with Crippen molar-refractivity contribution in [3.05, 3.63) is 30.2 Å². The van der Waals surface area contributed by atoms with Gasteiger partial charge in [0.05, 0.1) is 25.1 Å². The normalized spacial score (nSPS) is 14.1. The van der Waals surface area contributed by atoms with E-state index in [1.807, 2.05) is 24.4 Å². The van der Waals surface area contributed by atoms with Crippen molar-refractivity contribution in [2.24, 2.45) is 5.73 Å². The molecule has 0 fully saturated rings. The summed E-state index contributed by atoms with van der Waals surface area (Å²) in [5.41, 5.74) is 7.56. The summed E-state index contributed by atoms with van der Waals surface area (Å²) in [4.78, 5) is 7.70. The Morgan fingerprint density at radius 2 is 2.05 bits per heavy atom. The van der Waals surface area contributed by atoms with E-state index in [2.05, 4.69) is 9.97 Å². The van der Waals surface area contributed by atoms with Crippen LogP contribution in [0.1, 0.15) is 18.7 Å². The van der Waals surface area contributed by atoms with Crippen molar-refractivity contribution in [3.8, 4) is 22.8 Å². The van der Waals surface area contributed by atoms with Gasteiger partial charge in [-0.05, 0) is 31.2 Å². The number of aromatic nitrogens is 2. The number of nitrogens with one attached hydrogen (secondary N) is 1. The predicted molar refractivity (Wildman–Crippen MR) is 77.0 cm³/mol. The highest BCUT2D eigenvalue weighted by Crippen LogP contribution is 2.33.